The van der Waals surface area contributed by atoms with Crippen LogP contribution < -0.4 is 16.2 Å². The van der Waals surface area contributed by atoms with E-state index in [1.807, 2.05) is 55.5 Å². The fourth-order valence-corrected chi connectivity index (χ4v) is 2.82. The molecule has 1 amide bonds. The summed E-state index contributed by atoms with van der Waals surface area (Å²) in [4.78, 5) is 12.3. The number of hydrogen-bond donors (Lipinski definition) is 3. The third kappa shape index (κ3) is 3.30. The summed E-state index contributed by atoms with van der Waals surface area (Å²) in [5, 5.41) is 3.63. The molecule has 1 aliphatic rings. The zero-order valence-corrected chi connectivity index (χ0v) is 13.0. The zero-order chi connectivity index (χ0) is 15.5. The lowest BCUT2D eigenvalue weighted by atomic mass is 10.0. The Morgan fingerprint density at radius 1 is 1.14 bits per heavy atom. The van der Waals surface area contributed by atoms with Gasteiger partial charge in [0.1, 0.15) is 6.04 Å². The van der Waals surface area contributed by atoms with Crippen molar-refractivity contribution in [2.24, 2.45) is 0 Å². The van der Waals surface area contributed by atoms with Crippen molar-refractivity contribution in [2.75, 3.05) is 5.32 Å². The van der Waals surface area contributed by atoms with Gasteiger partial charge in [-0.3, -0.25) is 4.79 Å². The highest BCUT2D eigenvalue weighted by molar-refractivity contribution is 6.31. The largest absolute Gasteiger partial charge is 0.325 e. The zero-order valence-electron chi connectivity index (χ0n) is 12.3. The molecule has 4 nitrogen and oxygen atoms in total. The average Bonchev–Trinajstić information content (AvgIpc) is 3.00. The minimum atomic E-state index is -0.289. The SMILES string of the molecule is Cc1ccc(NC(=O)C2CC(c3ccccc3Cl)NN2)cc1. The maximum absolute atomic E-state index is 12.3. The van der Waals surface area contributed by atoms with Gasteiger partial charge in [0.15, 0.2) is 0 Å². The Bertz CT molecular complexity index is 672. The number of hydrogen-bond acceptors (Lipinski definition) is 3. The van der Waals surface area contributed by atoms with Gasteiger partial charge in [0.2, 0.25) is 5.91 Å². The Kier molecular flexibility index (Phi) is 4.43. The van der Waals surface area contributed by atoms with Crippen LogP contribution in [-0.4, -0.2) is 11.9 Å². The second-order valence-electron chi connectivity index (χ2n) is 5.51. The van der Waals surface area contributed by atoms with E-state index in [2.05, 4.69) is 16.2 Å². The summed E-state index contributed by atoms with van der Waals surface area (Å²) in [6.45, 7) is 2.02. The summed E-state index contributed by atoms with van der Waals surface area (Å²) >= 11 is 6.21. The lowest BCUT2D eigenvalue weighted by Gasteiger charge is -2.12. The van der Waals surface area contributed by atoms with Crippen molar-refractivity contribution in [3.63, 3.8) is 0 Å². The second kappa shape index (κ2) is 6.48. The van der Waals surface area contributed by atoms with E-state index in [1.54, 1.807) is 0 Å². The van der Waals surface area contributed by atoms with Crippen molar-refractivity contribution >= 4 is 23.2 Å². The van der Waals surface area contributed by atoms with E-state index in [0.717, 1.165) is 16.8 Å². The number of anilines is 1. The molecule has 0 bridgehead atoms. The molecule has 0 radical (unpaired) electrons. The molecule has 2 unspecified atom stereocenters. The number of amides is 1. The Morgan fingerprint density at radius 3 is 2.59 bits per heavy atom. The molecule has 1 fully saturated rings. The third-order valence-electron chi connectivity index (χ3n) is 3.82. The Hall–Kier alpha value is -1.88. The van der Waals surface area contributed by atoms with Gasteiger partial charge in [-0.25, -0.2) is 10.9 Å². The van der Waals surface area contributed by atoms with Gasteiger partial charge in [-0.05, 0) is 37.1 Å². The number of nitrogens with one attached hydrogen (secondary N) is 3. The monoisotopic (exact) mass is 315 g/mol. The van der Waals surface area contributed by atoms with Crippen LogP contribution in [0.5, 0.6) is 0 Å². The molecule has 0 spiro atoms. The molecule has 3 N–H and O–H groups in total. The van der Waals surface area contributed by atoms with E-state index in [4.69, 9.17) is 11.6 Å². The molecule has 0 aliphatic carbocycles. The number of rotatable bonds is 3. The first kappa shape index (κ1) is 15.0. The smallest absolute Gasteiger partial charge is 0.242 e. The standard InChI is InChI=1S/C17H18ClN3O/c1-11-6-8-12(9-7-11)19-17(22)16-10-15(20-21-16)13-4-2-3-5-14(13)18/h2-9,15-16,20-21H,10H2,1H3,(H,19,22). The number of carbonyl (C=O) groups is 1. The van der Waals surface area contributed by atoms with Crippen molar-refractivity contribution in [1.29, 1.82) is 0 Å². The average molecular weight is 316 g/mol. The van der Waals surface area contributed by atoms with E-state index < -0.39 is 0 Å². The van der Waals surface area contributed by atoms with E-state index in [0.29, 0.717) is 11.4 Å². The molecule has 1 saturated heterocycles. The highest BCUT2D eigenvalue weighted by Crippen LogP contribution is 2.28. The number of hydrazine groups is 1. The topological polar surface area (TPSA) is 53.2 Å². The summed E-state index contributed by atoms with van der Waals surface area (Å²) in [6, 6.07) is 15.2. The Morgan fingerprint density at radius 2 is 1.86 bits per heavy atom. The van der Waals surface area contributed by atoms with E-state index in [9.17, 15) is 4.79 Å². The van der Waals surface area contributed by atoms with Crippen LogP contribution in [0.25, 0.3) is 0 Å². The summed E-state index contributed by atoms with van der Waals surface area (Å²) in [5.41, 5.74) is 9.16. The van der Waals surface area contributed by atoms with Gasteiger partial charge in [-0.15, -0.1) is 0 Å². The van der Waals surface area contributed by atoms with Crippen molar-refractivity contribution in [3.8, 4) is 0 Å². The number of aryl methyl sites for hydroxylation is 1. The van der Waals surface area contributed by atoms with Crippen molar-refractivity contribution in [3.05, 3.63) is 64.7 Å². The molecule has 5 heteroatoms. The maximum atomic E-state index is 12.3. The van der Waals surface area contributed by atoms with E-state index >= 15 is 0 Å². The quantitative estimate of drug-likeness (QED) is 0.815. The molecule has 2 atom stereocenters. The van der Waals surface area contributed by atoms with Gasteiger partial charge in [-0.2, -0.15) is 0 Å². The molecule has 0 aromatic heterocycles. The first-order valence-electron chi connectivity index (χ1n) is 7.26. The highest BCUT2D eigenvalue weighted by Gasteiger charge is 2.30. The van der Waals surface area contributed by atoms with Gasteiger partial charge in [0, 0.05) is 16.8 Å². The van der Waals surface area contributed by atoms with Crippen LogP contribution in [0.3, 0.4) is 0 Å². The fraction of sp³-hybridized carbons (Fsp3) is 0.235. The van der Waals surface area contributed by atoms with Crippen LogP contribution in [0.4, 0.5) is 5.69 Å². The lowest BCUT2D eigenvalue weighted by molar-refractivity contribution is -0.117. The van der Waals surface area contributed by atoms with Crippen LogP contribution >= 0.6 is 11.6 Å². The molecule has 0 saturated carbocycles. The normalized spacial score (nSPS) is 20.8. The summed E-state index contributed by atoms with van der Waals surface area (Å²) in [6.07, 6.45) is 0.654. The van der Waals surface area contributed by atoms with Crippen molar-refractivity contribution in [2.45, 2.75) is 25.4 Å². The van der Waals surface area contributed by atoms with Gasteiger partial charge in [0.25, 0.3) is 0 Å². The first-order chi connectivity index (χ1) is 10.6. The van der Waals surface area contributed by atoms with Crippen molar-refractivity contribution < 1.29 is 4.79 Å². The summed E-state index contributed by atoms with van der Waals surface area (Å²) in [5.74, 6) is -0.0501. The summed E-state index contributed by atoms with van der Waals surface area (Å²) < 4.78 is 0. The van der Waals surface area contributed by atoms with Crippen LogP contribution in [0.1, 0.15) is 23.6 Å². The predicted octanol–water partition coefficient (Wildman–Crippen LogP) is 3.19. The van der Waals surface area contributed by atoms with Crippen LogP contribution in [0.2, 0.25) is 5.02 Å². The summed E-state index contributed by atoms with van der Waals surface area (Å²) in [7, 11) is 0. The number of halogens is 1. The molecule has 2 aromatic carbocycles. The molecular weight excluding hydrogens is 298 g/mol. The molecule has 2 aromatic rings. The highest BCUT2D eigenvalue weighted by atomic mass is 35.5. The lowest BCUT2D eigenvalue weighted by Crippen LogP contribution is -2.39. The minimum absolute atomic E-state index is 0.0301. The molecule has 114 valence electrons. The predicted molar refractivity (Wildman–Crippen MR) is 88.7 cm³/mol. The van der Waals surface area contributed by atoms with Crippen LogP contribution in [0.15, 0.2) is 48.5 Å². The van der Waals surface area contributed by atoms with Gasteiger partial charge >= 0.3 is 0 Å². The Labute approximate surface area is 134 Å². The maximum Gasteiger partial charge on any atom is 0.242 e. The van der Waals surface area contributed by atoms with Crippen LogP contribution in [-0.2, 0) is 4.79 Å². The van der Waals surface area contributed by atoms with Crippen molar-refractivity contribution in [1.82, 2.24) is 10.9 Å². The molecule has 1 heterocycles. The number of benzene rings is 2. The van der Waals surface area contributed by atoms with Gasteiger partial charge < -0.3 is 5.32 Å². The van der Waals surface area contributed by atoms with E-state index in [1.165, 1.54) is 0 Å². The minimum Gasteiger partial charge on any atom is -0.325 e. The van der Waals surface area contributed by atoms with Crippen LogP contribution in [0, 0.1) is 6.92 Å². The molecule has 22 heavy (non-hydrogen) atoms. The fourth-order valence-electron chi connectivity index (χ4n) is 2.56. The molecular formula is C17H18ClN3O. The van der Waals surface area contributed by atoms with Gasteiger partial charge in [-0.1, -0.05) is 47.5 Å². The first-order valence-corrected chi connectivity index (χ1v) is 7.64. The Balaban J connectivity index is 1.64. The number of carbonyl (C=O) groups excluding carboxylic acids is 1. The second-order valence-corrected chi connectivity index (χ2v) is 5.91. The molecule has 1 aliphatic heterocycles. The third-order valence-corrected chi connectivity index (χ3v) is 4.16. The molecule has 3 rings (SSSR count). The van der Waals surface area contributed by atoms with Gasteiger partial charge in [0.05, 0.1) is 0 Å². The van der Waals surface area contributed by atoms with E-state index in [-0.39, 0.29) is 18.0 Å².